The van der Waals surface area contributed by atoms with Crippen molar-refractivity contribution in [2.24, 2.45) is 0 Å². The first-order valence-electron chi connectivity index (χ1n) is 8.37. The fourth-order valence-corrected chi connectivity index (χ4v) is 2.99. The number of aliphatic hydroxyl groups is 1. The predicted octanol–water partition coefficient (Wildman–Crippen LogP) is 2.14. The van der Waals surface area contributed by atoms with Crippen LogP contribution in [-0.2, 0) is 4.79 Å². The van der Waals surface area contributed by atoms with Gasteiger partial charge in [-0.05, 0) is 42.7 Å². The van der Waals surface area contributed by atoms with E-state index in [0.717, 1.165) is 18.7 Å². The van der Waals surface area contributed by atoms with Gasteiger partial charge in [-0.2, -0.15) is 5.10 Å². The number of amides is 1. The molecule has 1 aromatic heterocycles. The summed E-state index contributed by atoms with van der Waals surface area (Å²) in [4.78, 5) is 14.1. The minimum absolute atomic E-state index is 0.0360. The molecule has 0 aliphatic carbocycles. The Kier molecular flexibility index (Phi) is 5.55. The van der Waals surface area contributed by atoms with Crippen LogP contribution in [0.2, 0.25) is 0 Å². The maximum Gasteiger partial charge on any atom is 0.225 e. The predicted molar refractivity (Wildman–Crippen MR) is 91.2 cm³/mol. The van der Waals surface area contributed by atoms with Crippen LogP contribution in [0.5, 0.6) is 0 Å². The van der Waals surface area contributed by atoms with Crippen molar-refractivity contribution in [2.75, 3.05) is 18.4 Å². The highest BCUT2D eigenvalue weighted by atomic mass is 19.1. The van der Waals surface area contributed by atoms with Crippen LogP contribution in [-0.4, -0.2) is 45.2 Å². The standard InChI is InChI=1S/C18H21FN4O2/c19-14-4-1-3-13(11-14)16(24)12-18(25)23-9-6-15(7-10-23)21-17-5-2-8-20-22-17/h1-5,8,11,15-16,24H,6-7,9-10,12H2,(H,21,22)/t16-/m0/s1. The summed E-state index contributed by atoms with van der Waals surface area (Å²) in [6.07, 6.45) is 2.21. The number of aromatic nitrogens is 2. The van der Waals surface area contributed by atoms with Crippen LogP contribution in [0, 0.1) is 5.82 Å². The van der Waals surface area contributed by atoms with Gasteiger partial charge in [-0.15, -0.1) is 5.10 Å². The molecule has 1 saturated heterocycles. The van der Waals surface area contributed by atoms with Crippen molar-refractivity contribution in [1.29, 1.82) is 0 Å². The SMILES string of the molecule is O=C(C[C@H](O)c1cccc(F)c1)N1CCC(Nc2cccnn2)CC1. The molecule has 0 bridgehead atoms. The summed E-state index contributed by atoms with van der Waals surface area (Å²) in [6, 6.07) is 9.65. The van der Waals surface area contributed by atoms with E-state index in [2.05, 4.69) is 15.5 Å². The summed E-state index contributed by atoms with van der Waals surface area (Å²) in [6.45, 7) is 1.24. The Morgan fingerprint density at radius 3 is 2.80 bits per heavy atom. The molecule has 0 unspecified atom stereocenters. The Balaban J connectivity index is 1.48. The average molecular weight is 344 g/mol. The molecule has 132 valence electrons. The van der Waals surface area contributed by atoms with Gasteiger partial charge in [0.25, 0.3) is 0 Å². The molecular formula is C18H21FN4O2. The van der Waals surface area contributed by atoms with Gasteiger partial charge in [0.2, 0.25) is 5.91 Å². The van der Waals surface area contributed by atoms with Gasteiger partial charge in [0.05, 0.1) is 12.5 Å². The fourth-order valence-electron chi connectivity index (χ4n) is 2.99. The number of carbonyl (C=O) groups excluding carboxylic acids is 1. The molecule has 1 atom stereocenters. The molecule has 6 nitrogen and oxygen atoms in total. The number of anilines is 1. The van der Waals surface area contributed by atoms with Crippen LogP contribution in [0.3, 0.4) is 0 Å². The van der Waals surface area contributed by atoms with Crippen LogP contribution < -0.4 is 5.32 Å². The van der Waals surface area contributed by atoms with Gasteiger partial charge in [-0.3, -0.25) is 4.79 Å². The molecule has 2 N–H and O–H groups in total. The molecule has 2 aromatic rings. The topological polar surface area (TPSA) is 78.4 Å². The van der Waals surface area contributed by atoms with E-state index in [1.54, 1.807) is 17.2 Å². The summed E-state index contributed by atoms with van der Waals surface area (Å²) in [5.41, 5.74) is 0.424. The van der Waals surface area contributed by atoms with Gasteiger partial charge in [-0.1, -0.05) is 12.1 Å². The van der Waals surface area contributed by atoms with Crippen molar-refractivity contribution in [3.05, 3.63) is 54.0 Å². The van der Waals surface area contributed by atoms with Gasteiger partial charge in [-0.25, -0.2) is 4.39 Å². The fraction of sp³-hybridized carbons (Fsp3) is 0.389. The smallest absolute Gasteiger partial charge is 0.225 e. The van der Waals surface area contributed by atoms with Crippen molar-refractivity contribution >= 4 is 11.7 Å². The van der Waals surface area contributed by atoms with Crippen LogP contribution in [0.1, 0.15) is 30.9 Å². The van der Waals surface area contributed by atoms with Crippen LogP contribution >= 0.6 is 0 Å². The number of hydrogen-bond acceptors (Lipinski definition) is 5. The zero-order valence-corrected chi connectivity index (χ0v) is 13.8. The Labute approximate surface area is 145 Å². The number of rotatable bonds is 5. The van der Waals surface area contributed by atoms with Crippen molar-refractivity contribution in [1.82, 2.24) is 15.1 Å². The van der Waals surface area contributed by atoms with Crippen LogP contribution in [0.4, 0.5) is 10.2 Å². The van der Waals surface area contributed by atoms with Crippen molar-refractivity contribution in [2.45, 2.75) is 31.4 Å². The molecule has 0 spiro atoms. The van der Waals surface area contributed by atoms with Crippen LogP contribution in [0.25, 0.3) is 0 Å². The Morgan fingerprint density at radius 1 is 1.32 bits per heavy atom. The van der Waals surface area contributed by atoms with Gasteiger partial charge in [0.15, 0.2) is 0 Å². The molecule has 3 rings (SSSR count). The Bertz CT molecular complexity index is 705. The summed E-state index contributed by atoms with van der Waals surface area (Å²) >= 11 is 0. The second-order valence-electron chi connectivity index (χ2n) is 6.18. The molecule has 1 fully saturated rings. The molecule has 1 aliphatic heterocycles. The number of halogens is 1. The van der Waals surface area contributed by atoms with Gasteiger partial charge in [0, 0.05) is 25.3 Å². The quantitative estimate of drug-likeness (QED) is 0.869. The van der Waals surface area contributed by atoms with E-state index in [0.29, 0.717) is 18.7 Å². The van der Waals surface area contributed by atoms with Crippen LogP contribution in [0.15, 0.2) is 42.6 Å². The normalized spacial score (nSPS) is 16.5. The minimum atomic E-state index is -0.987. The number of nitrogens with zero attached hydrogens (tertiary/aromatic N) is 3. The van der Waals surface area contributed by atoms with E-state index < -0.39 is 11.9 Å². The second kappa shape index (κ2) is 8.02. The first kappa shape index (κ1) is 17.3. The van der Waals surface area contributed by atoms with E-state index in [1.807, 2.05) is 12.1 Å². The van der Waals surface area contributed by atoms with Crippen molar-refractivity contribution in [3.8, 4) is 0 Å². The lowest BCUT2D eigenvalue weighted by molar-refractivity contribution is -0.134. The minimum Gasteiger partial charge on any atom is -0.388 e. The number of nitrogens with one attached hydrogen (secondary N) is 1. The number of piperidine rings is 1. The second-order valence-corrected chi connectivity index (χ2v) is 6.18. The Morgan fingerprint density at radius 2 is 2.12 bits per heavy atom. The molecule has 7 heteroatoms. The zero-order valence-electron chi connectivity index (χ0n) is 13.8. The third-order valence-electron chi connectivity index (χ3n) is 4.37. The monoisotopic (exact) mass is 344 g/mol. The van der Waals surface area contributed by atoms with Crippen molar-refractivity contribution in [3.63, 3.8) is 0 Å². The molecule has 2 heterocycles. The lowest BCUT2D eigenvalue weighted by Gasteiger charge is -2.33. The third kappa shape index (κ3) is 4.73. The number of likely N-dealkylation sites (tertiary alicyclic amines) is 1. The van der Waals surface area contributed by atoms with E-state index in [-0.39, 0.29) is 18.4 Å². The molecule has 25 heavy (non-hydrogen) atoms. The maximum absolute atomic E-state index is 13.2. The molecule has 0 radical (unpaired) electrons. The molecule has 1 aromatic carbocycles. The van der Waals surface area contributed by atoms with E-state index in [9.17, 15) is 14.3 Å². The number of carbonyl (C=O) groups is 1. The highest BCUT2D eigenvalue weighted by molar-refractivity contribution is 5.77. The number of aliphatic hydroxyl groups excluding tert-OH is 1. The highest BCUT2D eigenvalue weighted by Gasteiger charge is 2.25. The molecule has 0 saturated carbocycles. The summed E-state index contributed by atoms with van der Waals surface area (Å²) in [5.74, 6) is 0.198. The summed E-state index contributed by atoms with van der Waals surface area (Å²) < 4.78 is 13.2. The number of benzene rings is 1. The molecule has 1 amide bonds. The van der Waals surface area contributed by atoms with Crippen molar-refractivity contribution < 1.29 is 14.3 Å². The van der Waals surface area contributed by atoms with E-state index in [4.69, 9.17) is 0 Å². The first-order chi connectivity index (χ1) is 12.1. The van der Waals surface area contributed by atoms with E-state index in [1.165, 1.54) is 18.2 Å². The lowest BCUT2D eigenvalue weighted by Crippen LogP contribution is -2.42. The summed E-state index contributed by atoms with van der Waals surface area (Å²) in [7, 11) is 0. The maximum atomic E-state index is 13.2. The third-order valence-corrected chi connectivity index (χ3v) is 4.37. The Hall–Kier alpha value is -2.54. The van der Waals surface area contributed by atoms with Gasteiger partial charge >= 0.3 is 0 Å². The number of hydrogen-bond donors (Lipinski definition) is 2. The highest BCUT2D eigenvalue weighted by Crippen LogP contribution is 2.21. The summed E-state index contributed by atoms with van der Waals surface area (Å²) in [5, 5.41) is 21.3. The molecule has 1 aliphatic rings. The first-order valence-corrected chi connectivity index (χ1v) is 8.37. The average Bonchev–Trinajstić information content (AvgIpc) is 2.63. The van der Waals surface area contributed by atoms with Gasteiger partial charge in [0.1, 0.15) is 11.6 Å². The largest absolute Gasteiger partial charge is 0.388 e. The zero-order chi connectivity index (χ0) is 17.6. The van der Waals surface area contributed by atoms with Gasteiger partial charge < -0.3 is 15.3 Å². The lowest BCUT2D eigenvalue weighted by atomic mass is 10.0. The molecular weight excluding hydrogens is 323 g/mol. The van der Waals surface area contributed by atoms with E-state index >= 15 is 0 Å².